The number of benzene rings is 2. The summed E-state index contributed by atoms with van der Waals surface area (Å²) >= 11 is 0. The summed E-state index contributed by atoms with van der Waals surface area (Å²) in [6, 6.07) is 11.2. The van der Waals surface area contributed by atoms with Crippen molar-refractivity contribution < 1.29 is 19.2 Å². The molecule has 2 aromatic rings. The Morgan fingerprint density at radius 3 is 2.81 bits per heavy atom. The molecule has 1 N–H and O–H groups in total. The van der Waals surface area contributed by atoms with Gasteiger partial charge < -0.3 is 15.0 Å². The second-order valence-corrected chi connectivity index (χ2v) is 6.13. The molecule has 27 heavy (non-hydrogen) atoms. The minimum Gasteiger partial charge on any atom is -0.482 e. The van der Waals surface area contributed by atoms with Gasteiger partial charge in [0.2, 0.25) is 5.91 Å². The van der Waals surface area contributed by atoms with Crippen LogP contribution in [0.25, 0.3) is 0 Å². The molecule has 1 aliphatic heterocycles. The molecule has 3 rings (SSSR count). The number of nitrogens with one attached hydrogen (secondary N) is 1. The molecule has 0 saturated carbocycles. The minimum absolute atomic E-state index is 0.00359. The molecule has 8 nitrogen and oxygen atoms in total. The van der Waals surface area contributed by atoms with E-state index in [1.54, 1.807) is 41.3 Å². The number of hydrogen-bond acceptors (Lipinski definition) is 5. The fourth-order valence-electron chi connectivity index (χ4n) is 2.97. The summed E-state index contributed by atoms with van der Waals surface area (Å²) in [4.78, 5) is 36.6. The quantitative estimate of drug-likeness (QED) is 0.623. The highest BCUT2D eigenvalue weighted by atomic mass is 16.6. The van der Waals surface area contributed by atoms with Crippen LogP contribution in [-0.2, 0) is 16.0 Å². The minimum atomic E-state index is -0.507. The summed E-state index contributed by atoms with van der Waals surface area (Å²) in [5.74, 6) is 0.0711. The van der Waals surface area contributed by atoms with Gasteiger partial charge in [-0.3, -0.25) is 19.7 Å². The van der Waals surface area contributed by atoms with Crippen LogP contribution in [0.15, 0.2) is 42.5 Å². The predicted octanol–water partition coefficient (Wildman–Crippen LogP) is 2.91. The summed E-state index contributed by atoms with van der Waals surface area (Å²) in [5, 5.41) is 13.8. The van der Waals surface area contributed by atoms with Gasteiger partial charge >= 0.3 is 0 Å². The first kappa shape index (κ1) is 18.4. The summed E-state index contributed by atoms with van der Waals surface area (Å²) < 4.78 is 5.43. The molecule has 0 spiro atoms. The van der Waals surface area contributed by atoms with E-state index >= 15 is 0 Å². The van der Waals surface area contributed by atoms with Crippen molar-refractivity contribution in [2.24, 2.45) is 0 Å². The van der Waals surface area contributed by atoms with Gasteiger partial charge in [0.15, 0.2) is 6.61 Å². The number of nitro benzene ring substituents is 1. The van der Waals surface area contributed by atoms with E-state index in [-0.39, 0.29) is 30.5 Å². The lowest BCUT2D eigenvalue weighted by atomic mass is 10.1. The number of anilines is 2. The zero-order chi connectivity index (χ0) is 19.4. The first-order valence-corrected chi connectivity index (χ1v) is 8.59. The van der Waals surface area contributed by atoms with Gasteiger partial charge in [0.05, 0.1) is 17.0 Å². The third-order valence-electron chi connectivity index (χ3n) is 4.17. The number of carbonyl (C=O) groups is 2. The van der Waals surface area contributed by atoms with Crippen molar-refractivity contribution in [1.82, 2.24) is 0 Å². The molecule has 2 amide bonds. The van der Waals surface area contributed by atoms with Crippen molar-refractivity contribution >= 4 is 28.9 Å². The molecule has 0 bridgehead atoms. The molecule has 0 radical (unpaired) electrons. The molecule has 0 atom stereocenters. The van der Waals surface area contributed by atoms with Crippen LogP contribution >= 0.6 is 0 Å². The molecule has 1 aliphatic rings. The van der Waals surface area contributed by atoms with E-state index in [1.165, 1.54) is 6.07 Å². The number of ether oxygens (including phenoxy) is 1. The summed E-state index contributed by atoms with van der Waals surface area (Å²) in [7, 11) is 0. The van der Waals surface area contributed by atoms with Crippen LogP contribution in [0.2, 0.25) is 0 Å². The van der Waals surface area contributed by atoms with Gasteiger partial charge in [-0.2, -0.15) is 0 Å². The number of fused-ring (bicyclic) bond motifs is 1. The average Bonchev–Trinajstić information content (AvgIpc) is 2.64. The SMILES string of the molecule is CCCN1C(=O)COc2ccc(NC(=O)Cc3ccccc3[N+](=O)[O-])cc21. The van der Waals surface area contributed by atoms with Crippen LogP contribution in [0.5, 0.6) is 5.75 Å². The van der Waals surface area contributed by atoms with Crippen molar-refractivity contribution in [3.8, 4) is 5.75 Å². The Morgan fingerprint density at radius 1 is 1.30 bits per heavy atom. The largest absolute Gasteiger partial charge is 0.482 e. The molecule has 140 valence electrons. The fourth-order valence-corrected chi connectivity index (χ4v) is 2.97. The van der Waals surface area contributed by atoms with Gasteiger partial charge in [-0.15, -0.1) is 0 Å². The smallest absolute Gasteiger partial charge is 0.273 e. The zero-order valence-corrected chi connectivity index (χ0v) is 14.8. The Kier molecular flexibility index (Phi) is 5.35. The van der Waals surface area contributed by atoms with E-state index in [1.807, 2.05) is 6.92 Å². The molecule has 0 unspecified atom stereocenters. The molecule has 2 aromatic carbocycles. The first-order valence-electron chi connectivity index (χ1n) is 8.59. The third kappa shape index (κ3) is 4.05. The average molecular weight is 369 g/mol. The molecule has 0 aromatic heterocycles. The highest BCUT2D eigenvalue weighted by molar-refractivity contribution is 5.99. The molecule has 0 saturated heterocycles. The Balaban J connectivity index is 1.78. The zero-order valence-electron chi connectivity index (χ0n) is 14.8. The highest BCUT2D eigenvalue weighted by Gasteiger charge is 2.25. The van der Waals surface area contributed by atoms with Crippen molar-refractivity contribution in [2.45, 2.75) is 19.8 Å². The van der Waals surface area contributed by atoms with Crippen molar-refractivity contribution in [3.05, 3.63) is 58.1 Å². The van der Waals surface area contributed by atoms with E-state index < -0.39 is 4.92 Å². The number of nitro groups is 1. The van der Waals surface area contributed by atoms with Gasteiger partial charge in [0, 0.05) is 23.9 Å². The maximum Gasteiger partial charge on any atom is 0.273 e. The van der Waals surface area contributed by atoms with Crippen LogP contribution < -0.4 is 15.0 Å². The number of rotatable bonds is 6. The maximum absolute atomic E-state index is 12.4. The lowest BCUT2D eigenvalue weighted by Gasteiger charge is -2.29. The van der Waals surface area contributed by atoms with Gasteiger partial charge in [0.25, 0.3) is 11.6 Å². The highest BCUT2D eigenvalue weighted by Crippen LogP contribution is 2.34. The number of carbonyl (C=O) groups excluding carboxylic acids is 2. The van der Waals surface area contributed by atoms with Crippen molar-refractivity contribution in [1.29, 1.82) is 0 Å². The van der Waals surface area contributed by atoms with E-state index in [0.717, 1.165) is 6.42 Å². The number of nitrogens with zero attached hydrogens (tertiary/aromatic N) is 2. The van der Waals surface area contributed by atoms with Crippen LogP contribution in [-0.4, -0.2) is 29.9 Å². The van der Waals surface area contributed by atoms with Crippen LogP contribution in [0.4, 0.5) is 17.1 Å². The van der Waals surface area contributed by atoms with E-state index in [4.69, 9.17) is 4.74 Å². The van der Waals surface area contributed by atoms with Crippen LogP contribution in [0.1, 0.15) is 18.9 Å². The van der Waals surface area contributed by atoms with Gasteiger partial charge in [-0.1, -0.05) is 25.1 Å². The second kappa shape index (κ2) is 7.86. The topological polar surface area (TPSA) is 102 Å². The summed E-state index contributed by atoms with van der Waals surface area (Å²) in [6.45, 7) is 2.53. The van der Waals surface area contributed by atoms with E-state index in [2.05, 4.69) is 5.32 Å². The fraction of sp³-hybridized carbons (Fsp3) is 0.263. The standard InChI is InChI=1S/C19H19N3O5/c1-2-9-21-16-11-14(7-8-17(16)27-12-19(21)24)20-18(23)10-13-5-3-4-6-15(13)22(25)26/h3-8,11H,2,9-10,12H2,1H3,(H,20,23). The number of para-hydroxylation sites is 1. The molecule has 1 heterocycles. The summed E-state index contributed by atoms with van der Waals surface area (Å²) in [6.07, 6.45) is 0.668. The molecular formula is C19H19N3O5. The summed E-state index contributed by atoms with van der Waals surface area (Å²) in [5.41, 5.74) is 1.35. The monoisotopic (exact) mass is 369 g/mol. The third-order valence-corrected chi connectivity index (χ3v) is 4.17. The normalized spacial score (nSPS) is 12.9. The molecule has 0 fully saturated rings. The predicted molar refractivity (Wildman–Crippen MR) is 100 cm³/mol. The molecule has 8 heteroatoms. The Bertz CT molecular complexity index is 897. The molecule has 0 aliphatic carbocycles. The van der Waals surface area contributed by atoms with Crippen LogP contribution in [0.3, 0.4) is 0 Å². The maximum atomic E-state index is 12.4. The lowest BCUT2D eigenvalue weighted by molar-refractivity contribution is -0.385. The van der Waals surface area contributed by atoms with E-state index in [9.17, 15) is 19.7 Å². The number of hydrogen-bond donors (Lipinski definition) is 1. The van der Waals surface area contributed by atoms with Crippen molar-refractivity contribution in [2.75, 3.05) is 23.4 Å². The second-order valence-electron chi connectivity index (χ2n) is 6.13. The van der Waals surface area contributed by atoms with Gasteiger partial charge in [-0.25, -0.2) is 0 Å². The van der Waals surface area contributed by atoms with Gasteiger partial charge in [0.1, 0.15) is 5.75 Å². The lowest BCUT2D eigenvalue weighted by Crippen LogP contribution is -2.39. The van der Waals surface area contributed by atoms with E-state index in [0.29, 0.717) is 29.2 Å². The first-order chi connectivity index (χ1) is 13.0. The van der Waals surface area contributed by atoms with Gasteiger partial charge in [-0.05, 0) is 24.6 Å². The Labute approximate surface area is 155 Å². The van der Waals surface area contributed by atoms with Crippen LogP contribution in [0, 0.1) is 10.1 Å². The van der Waals surface area contributed by atoms with Crippen molar-refractivity contribution in [3.63, 3.8) is 0 Å². The Morgan fingerprint density at radius 2 is 2.07 bits per heavy atom. The Hall–Kier alpha value is -3.42. The number of amides is 2. The molecular weight excluding hydrogens is 350 g/mol.